The number of amides is 2. The van der Waals surface area contributed by atoms with E-state index in [0.717, 1.165) is 37.9 Å². The van der Waals surface area contributed by atoms with E-state index in [1.807, 2.05) is 29.2 Å². The summed E-state index contributed by atoms with van der Waals surface area (Å²) < 4.78 is 11.9. The molecule has 2 aromatic rings. The Bertz CT molecular complexity index is 909. The van der Waals surface area contributed by atoms with Crippen LogP contribution in [0.5, 0.6) is 0 Å². The second kappa shape index (κ2) is 11.1. The highest BCUT2D eigenvalue weighted by Gasteiger charge is 2.27. The number of para-hydroxylation sites is 1. The van der Waals surface area contributed by atoms with Crippen molar-refractivity contribution in [3.05, 3.63) is 36.0 Å². The second-order valence-corrected chi connectivity index (χ2v) is 7.74. The Morgan fingerprint density at radius 1 is 0.968 bits per heavy atom. The lowest BCUT2D eigenvalue weighted by atomic mass is 10.1. The van der Waals surface area contributed by atoms with Crippen LogP contribution in [-0.4, -0.2) is 85.6 Å². The van der Waals surface area contributed by atoms with Gasteiger partial charge in [0.15, 0.2) is 0 Å². The van der Waals surface area contributed by atoms with Gasteiger partial charge in [-0.2, -0.15) is 0 Å². The quantitative estimate of drug-likeness (QED) is 0.426. The van der Waals surface area contributed by atoms with Crippen molar-refractivity contribution in [1.82, 2.24) is 14.4 Å². The van der Waals surface area contributed by atoms with Crippen LogP contribution >= 0.6 is 0 Å². The molecule has 0 aliphatic carbocycles. The zero-order valence-corrected chi connectivity index (χ0v) is 18.3. The average molecular weight is 430 g/mol. The highest BCUT2D eigenvalue weighted by atomic mass is 16.5. The number of piperidine rings is 1. The fourth-order valence-corrected chi connectivity index (χ4v) is 3.92. The van der Waals surface area contributed by atoms with E-state index in [1.165, 1.54) is 4.90 Å². The Hall–Kier alpha value is -2.71. The third-order valence-corrected chi connectivity index (χ3v) is 5.66. The number of hydrogen-bond acceptors (Lipinski definition) is 5. The summed E-state index contributed by atoms with van der Waals surface area (Å²) in [4.78, 5) is 42.2. The number of benzene rings is 1. The predicted molar refractivity (Wildman–Crippen MR) is 117 cm³/mol. The summed E-state index contributed by atoms with van der Waals surface area (Å²) >= 11 is 0. The van der Waals surface area contributed by atoms with Crippen LogP contribution in [0.3, 0.4) is 0 Å². The minimum absolute atomic E-state index is 0.0348. The van der Waals surface area contributed by atoms with Gasteiger partial charge in [0.05, 0.1) is 18.8 Å². The van der Waals surface area contributed by atoms with Crippen LogP contribution in [0.2, 0.25) is 0 Å². The topological polar surface area (TPSA) is 81.1 Å². The number of nitrogens with zero attached hydrogens (tertiary/aromatic N) is 3. The van der Waals surface area contributed by atoms with Gasteiger partial charge in [0.1, 0.15) is 6.54 Å². The number of aromatic nitrogens is 1. The number of ether oxygens (including phenoxy) is 2. The van der Waals surface area contributed by atoms with Crippen LogP contribution in [0.1, 0.15) is 29.6 Å². The summed E-state index contributed by atoms with van der Waals surface area (Å²) in [5.41, 5.74) is 1.08. The average Bonchev–Trinajstić information content (AvgIpc) is 3.17. The van der Waals surface area contributed by atoms with Crippen molar-refractivity contribution in [2.24, 2.45) is 0 Å². The molecule has 2 amide bonds. The number of fused-ring (bicyclic) bond motifs is 1. The molecular formula is C23H31N3O5. The molecule has 8 nitrogen and oxygen atoms in total. The molecule has 1 fully saturated rings. The van der Waals surface area contributed by atoms with Gasteiger partial charge in [0, 0.05) is 57.5 Å². The van der Waals surface area contributed by atoms with E-state index in [0.29, 0.717) is 37.3 Å². The normalized spacial score (nSPS) is 14.1. The molecule has 0 unspecified atom stereocenters. The van der Waals surface area contributed by atoms with Crippen molar-refractivity contribution < 1.29 is 23.9 Å². The lowest BCUT2D eigenvalue weighted by molar-refractivity contribution is -0.132. The van der Waals surface area contributed by atoms with Crippen LogP contribution in [0, 0.1) is 0 Å². The largest absolute Gasteiger partial charge is 0.383 e. The maximum Gasteiger partial charge on any atom is 0.295 e. The third-order valence-electron chi connectivity index (χ3n) is 5.66. The molecule has 31 heavy (non-hydrogen) atoms. The summed E-state index contributed by atoms with van der Waals surface area (Å²) in [6.07, 6.45) is 4.83. The lowest BCUT2D eigenvalue weighted by Crippen LogP contribution is -2.40. The van der Waals surface area contributed by atoms with Gasteiger partial charge in [-0.3, -0.25) is 14.4 Å². The van der Waals surface area contributed by atoms with Crippen molar-refractivity contribution in [1.29, 1.82) is 0 Å². The standard InChI is InChI=1S/C23H31N3O5/c1-30-14-12-25(13-15-31-2)23(29)22(28)19-16-26(20-9-5-4-8-18(19)20)17-21(27)24-10-6-3-7-11-24/h4-5,8-9,16H,3,6-7,10-15,17H2,1-2H3. The summed E-state index contributed by atoms with van der Waals surface area (Å²) in [7, 11) is 3.10. The molecule has 1 saturated heterocycles. The number of carbonyl (C=O) groups excluding carboxylic acids is 3. The number of methoxy groups -OCH3 is 2. The van der Waals surface area contributed by atoms with Crippen LogP contribution in [0.25, 0.3) is 10.9 Å². The Morgan fingerprint density at radius 3 is 2.26 bits per heavy atom. The molecule has 1 aromatic carbocycles. The van der Waals surface area contributed by atoms with Gasteiger partial charge < -0.3 is 23.8 Å². The van der Waals surface area contributed by atoms with Crippen LogP contribution in [0.4, 0.5) is 0 Å². The predicted octanol–water partition coefficient (Wildman–Crippen LogP) is 1.96. The van der Waals surface area contributed by atoms with E-state index in [-0.39, 0.29) is 12.5 Å². The first-order chi connectivity index (χ1) is 15.1. The first-order valence-electron chi connectivity index (χ1n) is 10.7. The summed E-state index contributed by atoms with van der Waals surface area (Å²) in [6, 6.07) is 7.37. The van der Waals surface area contributed by atoms with E-state index in [4.69, 9.17) is 9.47 Å². The molecule has 1 aromatic heterocycles. The van der Waals surface area contributed by atoms with Crippen molar-refractivity contribution in [3.8, 4) is 0 Å². The highest BCUT2D eigenvalue weighted by Crippen LogP contribution is 2.23. The Labute approximate surface area is 182 Å². The summed E-state index contributed by atoms with van der Waals surface area (Å²) in [5, 5.41) is 0.672. The molecule has 8 heteroatoms. The van der Waals surface area contributed by atoms with Gasteiger partial charge in [-0.15, -0.1) is 0 Å². The molecule has 0 bridgehead atoms. The van der Waals surface area contributed by atoms with Gasteiger partial charge in [0.2, 0.25) is 5.91 Å². The Balaban J connectivity index is 1.84. The zero-order valence-electron chi connectivity index (χ0n) is 18.3. The third kappa shape index (κ3) is 5.51. The molecule has 0 radical (unpaired) electrons. The number of Topliss-reactive ketones (excluding diaryl/α,β-unsaturated/α-hetero) is 1. The van der Waals surface area contributed by atoms with Crippen molar-refractivity contribution in [3.63, 3.8) is 0 Å². The highest BCUT2D eigenvalue weighted by molar-refractivity contribution is 6.44. The Kier molecular flexibility index (Phi) is 8.20. The van der Waals surface area contributed by atoms with Crippen LogP contribution < -0.4 is 0 Å². The number of hydrogen-bond donors (Lipinski definition) is 0. The van der Waals surface area contributed by atoms with Gasteiger partial charge in [-0.05, 0) is 25.3 Å². The van der Waals surface area contributed by atoms with Gasteiger partial charge in [-0.25, -0.2) is 0 Å². The van der Waals surface area contributed by atoms with E-state index < -0.39 is 11.7 Å². The Morgan fingerprint density at radius 2 is 1.61 bits per heavy atom. The number of rotatable bonds is 10. The summed E-state index contributed by atoms with van der Waals surface area (Å²) in [6.45, 7) is 2.96. The van der Waals surface area contributed by atoms with Crippen molar-refractivity contribution in [2.75, 3.05) is 53.6 Å². The summed E-state index contributed by atoms with van der Waals surface area (Å²) in [5.74, 6) is -1.15. The van der Waals surface area contributed by atoms with Crippen molar-refractivity contribution in [2.45, 2.75) is 25.8 Å². The monoisotopic (exact) mass is 429 g/mol. The van der Waals surface area contributed by atoms with Gasteiger partial charge >= 0.3 is 0 Å². The molecule has 0 spiro atoms. The molecule has 1 aliphatic heterocycles. The van der Waals surface area contributed by atoms with Crippen LogP contribution in [-0.2, 0) is 25.6 Å². The zero-order chi connectivity index (χ0) is 22.2. The van der Waals surface area contributed by atoms with Crippen molar-refractivity contribution >= 4 is 28.5 Å². The first-order valence-corrected chi connectivity index (χ1v) is 10.7. The SMILES string of the molecule is COCCN(CCOC)C(=O)C(=O)c1cn(CC(=O)N2CCCCC2)c2ccccc12. The van der Waals surface area contributed by atoms with E-state index in [9.17, 15) is 14.4 Å². The first kappa shape index (κ1) is 23.0. The fraction of sp³-hybridized carbons (Fsp3) is 0.522. The molecular weight excluding hydrogens is 398 g/mol. The minimum Gasteiger partial charge on any atom is -0.383 e. The molecule has 1 aliphatic rings. The van der Waals surface area contributed by atoms with E-state index >= 15 is 0 Å². The lowest BCUT2D eigenvalue weighted by Gasteiger charge is -2.27. The molecule has 0 saturated carbocycles. The second-order valence-electron chi connectivity index (χ2n) is 7.74. The van der Waals surface area contributed by atoms with Crippen LogP contribution in [0.15, 0.2) is 30.5 Å². The number of likely N-dealkylation sites (tertiary alicyclic amines) is 1. The maximum absolute atomic E-state index is 13.1. The van der Waals surface area contributed by atoms with Gasteiger partial charge in [-0.1, -0.05) is 18.2 Å². The van der Waals surface area contributed by atoms with E-state index in [2.05, 4.69) is 0 Å². The number of ketones is 1. The van der Waals surface area contributed by atoms with E-state index in [1.54, 1.807) is 25.0 Å². The number of carbonyl (C=O) groups is 3. The minimum atomic E-state index is -0.598. The molecule has 2 heterocycles. The molecule has 168 valence electrons. The molecule has 0 N–H and O–H groups in total. The van der Waals surface area contributed by atoms with Gasteiger partial charge in [0.25, 0.3) is 11.7 Å². The maximum atomic E-state index is 13.1. The smallest absolute Gasteiger partial charge is 0.295 e. The fourth-order valence-electron chi connectivity index (χ4n) is 3.92. The molecule has 0 atom stereocenters. The molecule has 3 rings (SSSR count).